The number of primary amides is 1. The summed E-state index contributed by atoms with van der Waals surface area (Å²) in [6.07, 6.45) is 0. The Morgan fingerprint density at radius 1 is 1.10 bits per heavy atom. The van der Waals surface area contributed by atoms with Crippen LogP contribution < -0.4 is 16.4 Å². The van der Waals surface area contributed by atoms with Crippen LogP contribution in [0.15, 0.2) is 30.3 Å². The second-order valence-corrected chi connectivity index (χ2v) is 5.67. The smallest absolute Gasteiger partial charge is 0.323 e. The number of carbonyl (C=O) groups is 2. The van der Waals surface area contributed by atoms with Crippen LogP contribution >= 0.6 is 11.3 Å². The van der Waals surface area contributed by atoms with Gasteiger partial charge >= 0.3 is 6.03 Å². The SMILES string of the molecule is Cc1ccc(NC(=O)Nc2cc(C)sc2C(N)=O)cc1. The minimum atomic E-state index is -0.547. The standard InChI is InChI=1S/C14H15N3O2S/c1-8-3-5-10(6-4-8)16-14(19)17-11-7-9(2)20-12(11)13(15)18/h3-7H,1-2H3,(H2,15,18)(H2,16,17,19). The van der Waals surface area contributed by atoms with Gasteiger partial charge < -0.3 is 16.4 Å². The van der Waals surface area contributed by atoms with E-state index in [9.17, 15) is 9.59 Å². The lowest BCUT2D eigenvalue weighted by molar-refractivity contribution is 0.100. The van der Waals surface area contributed by atoms with Gasteiger partial charge in [-0.1, -0.05) is 17.7 Å². The van der Waals surface area contributed by atoms with Crippen LogP contribution in [0.4, 0.5) is 16.2 Å². The van der Waals surface area contributed by atoms with Crippen molar-refractivity contribution in [2.75, 3.05) is 10.6 Å². The molecule has 20 heavy (non-hydrogen) atoms. The molecule has 3 amide bonds. The van der Waals surface area contributed by atoms with Gasteiger partial charge in [-0.2, -0.15) is 0 Å². The predicted octanol–water partition coefficient (Wildman–Crippen LogP) is 3.11. The van der Waals surface area contributed by atoms with E-state index in [1.807, 2.05) is 38.1 Å². The number of urea groups is 1. The Balaban J connectivity index is 2.08. The van der Waals surface area contributed by atoms with E-state index in [1.54, 1.807) is 6.07 Å². The first-order valence-electron chi connectivity index (χ1n) is 6.00. The van der Waals surface area contributed by atoms with Crippen LogP contribution in [0.3, 0.4) is 0 Å². The van der Waals surface area contributed by atoms with E-state index in [2.05, 4.69) is 10.6 Å². The molecule has 2 rings (SSSR count). The van der Waals surface area contributed by atoms with Gasteiger partial charge in [-0.05, 0) is 32.0 Å². The second-order valence-electron chi connectivity index (χ2n) is 4.41. The van der Waals surface area contributed by atoms with Crippen molar-refractivity contribution in [2.24, 2.45) is 5.73 Å². The summed E-state index contributed by atoms with van der Waals surface area (Å²) in [5.41, 5.74) is 7.50. The highest BCUT2D eigenvalue weighted by molar-refractivity contribution is 7.14. The topological polar surface area (TPSA) is 84.2 Å². The minimum Gasteiger partial charge on any atom is -0.365 e. The van der Waals surface area contributed by atoms with Gasteiger partial charge in [-0.25, -0.2) is 4.79 Å². The molecular formula is C14H15N3O2S. The van der Waals surface area contributed by atoms with Crippen molar-refractivity contribution >= 4 is 34.6 Å². The highest BCUT2D eigenvalue weighted by atomic mass is 32.1. The molecule has 0 atom stereocenters. The van der Waals surface area contributed by atoms with E-state index in [1.165, 1.54) is 11.3 Å². The van der Waals surface area contributed by atoms with Gasteiger partial charge in [0.15, 0.2) is 0 Å². The molecule has 0 saturated heterocycles. The third-order valence-electron chi connectivity index (χ3n) is 2.64. The highest BCUT2D eigenvalue weighted by Gasteiger charge is 2.14. The number of nitrogens with two attached hydrogens (primary N) is 1. The molecule has 1 aromatic carbocycles. The molecule has 0 saturated carbocycles. The van der Waals surface area contributed by atoms with Gasteiger partial charge in [0, 0.05) is 10.6 Å². The lowest BCUT2D eigenvalue weighted by Gasteiger charge is -2.07. The molecule has 6 heteroatoms. The first-order valence-corrected chi connectivity index (χ1v) is 6.82. The number of hydrogen-bond donors (Lipinski definition) is 3. The number of aryl methyl sites for hydroxylation is 2. The average molecular weight is 289 g/mol. The third-order valence-corrected chi connectivity index (χ3v) is 3.70. The van der Waals surface area contributed by atoms with Gasteiger partial charge in [0.25, 0.3) is 5.91 Å². The van der Waals surface area contributed by atoms with Crippen LogP contribution in [0, 0.1) is 13.8 Å². The number of rotatable bonds is 3. The maximum absolute atomic E-state index is 11.9. The molecule has 0 aliphatic carbocycles. The number of benzene rings is 1. The predicted molar refractivity (Wildman–Crippen MR) is 81.4 cm³/mol. The Bertz CT molecular complexity index is 647. The zero-order valence-electron chi connectivity index (χ0n) is 11.2. The van der Waals surface area contributed by atoms with E-state index in [4.69, 9.17) is 5.73 Å². The maximum atomic E-state index is 11.9. The zero-order valence-corrected chi connectivity index (χ0v) is 12.0. The van der Waals surface area contributed by atoms with Gasteiger partial charge in [0.2, 0.25) is 0 Å². The van der Waals surface area contributed by atoms with Crippen LogP contribution in [0.25, 0.3) is 0 Å². The first kappa shape index (κ1) is 14.1. The highest BCUT2D eigenvalue weighted by Crippen LogP contribution is 2.26. The molecule has 0 bridgehead atoms. The quantitative estimate of drug-likeness (QED) is 0.811. The Kier molecular flexibility index (Phi) is 4.05. The van der Waals surface area contributed by atoms with Crippen LogP contribution in [-0.2, 0) is 0 Å². The van der Waals surface area contributed by atoms with Gasteiger partial charge in [-0.15, -0.1) is 11.3 Å². The lowest BCUT2D eigenvalue weighted by Crippen LogP contribution is -2.21. The van der Waals surface area contributed by atoms with Crippen molar-refractivity contribution in [3.8, 4) is 0 Å². The number of amides is 3. The number of hydrogen-bond acceptors (Lipinski definition) is 3. The molecule has 0 fully saturated rings. The number of anilines is 2. The molecule has 0 aliphatic rings. The van der Waals surface area contributed by atoms with Crippen molar-refractivity contribution in [1.29, 1.82) is 0 Å². The van der Waals surface area contributed by atoms with E-state index >= 15 is 0 Å². The molecule has 1 heterocycles. The Labute approximate surface area is 120 Å². The van der Waals surface area contributed by atoms with Crippen molar-refractivity contribution in [1.82, 2.24) is 0 Å². The summed E-state index contributed by atoms with van der Waals surface area (Å²) < 4.78 is 0. The van der Waals surface area contributed by atoms with Crippen LogP contribution in [0.1, 0.15) is 20.1 Å². The fourth-order valence-corrected chi connectivity index (χ4v) is 2.53. The molecule has 5 nitrogen and oxygen atoms in total. The van der Waals surface area contributed by atoms with Crippen molar-refractivity contribution in [2.45, 2.75) is 13.8 Å². The number of nitrogens with one attached hydrogen (secondary N) is 2. The molecule has 104 valence electrons. The molecule has 2 aromatic rings. The van der Waals surface area contributed by atoms with Crippen molar-refractivity contribution < 1.29 is 9.59 Å². The molecule has 0 spiro atoms. The Morgan fingerprint density at radius 2 is 1.75 bits per heavy atom. The summed E-state index contributed by atoms with van der Waals surface area (Å²) in [7, 11) is 0. The molecule has 0 radical (unpaired) electrons. The molecule has 1 aromatic heterocycles. The Hall–Kier alpha value is -2.34. The summed E-state index contributed by atoms with van der Waals surface area (Å²) in [6, 6.07) is 8.73. The normalized spacial score (nSPS) is 10.1. The summed E-state index contributed by atoms with van der Waals surface area (Å²) in [6.45, 7) is 3.82. The fraction of sp³-hybridized carbons (Fsp3) is 0.143. The number of thiophene rings is 1. The second kappa shape index (κ2) is 5.75. The molecule has 0 unspecified atom stereocenters. The Morgan fingerprint density at radius 3 is 2.35 bits per heavy atom. The first-order chi connectivity index (χ1) is 9.45. The monoisotopic (exact) mass is 289 g/mol. The van der Waals surface area contributed by atoms with E-state index in [0.717, 1.165) is 10.4 Å². The van der Waals surface area contributed by atoms with E-state index in [0.29, 0.717) is 16.3 Å². The minimum absolute atomic E-state index is 0.349. The summed E-state index contributed by atoms with van der Waals surface area (Å²) in [5, 5.41) is 5.33. The summed E-state index contributed by atoms with van der Waals surface area (Å²) in [5.74, 6) is -0.547. The van der Waals surface area contributed by atoms with E-state index in [-0.39, 0.29) is 0 Å². The fourth-order valence-electron chi connectivity index (χ4n) is 1.71. The van der Waals surface area contributed by atoms with Crippen LogP contribution in [0.2, 0.25) is 0 Å². The lowest BCUT2D eigenvalue weighted by atomic mass is 10.2. The largest absolute Gasteiger partial charge is 0.365 e. The molecule has 4 N–H and O–H groups in total. The average Bonchev–Trinajstić information content (AvgIpc) is 2.73. The van der Waals surface area contributed by atoms with Crippen LogP contribution in [0.5, 0.6) is 0 Å². The van der Waals surface area contributed by atoms with Crippen LogP contribution in [-0.4, -0.2) is 11.9 Å². The summed E-state index contributed by atoms with van der Waals surface area (Å²) >= 11 is 1.26. The third kappa shape index (κ3) is 3.36. The van der Waals surface area contributed by atoms with Gasteiger partial charge in [0.05, 0.1) is 5.69 Å². The van der Waals surface area contributed by atoms with Gasteiger partial charge in [0.1, 0.15) is 4.88 Å². The molecule has 0 aliphatic heterocycles. The summed E-state index contributed by atoms with van der Waals surface area (Å²) in [4.78, 5) is 24.4. The van der Waals surface area contributed by atoms with Crippen molar-refractivity contribution in [3.63, 3.8) is 0 Å². The number of carbonyl (C=O) groups excluding carboxylic acids is 2. The van der Waals surface area contributed by atoms with E-state index < -0.39 is 11.9 Å². The maximum Gasteiger partial charge on any atom is 0.323 e. The molecular weight excluding hydrogens is 274 g/mol. The van der Waals surface area contributed by atoms with Crippen molar-refractivity contribution in [3.05, 3.63) is 45.6 Å². The van der Waals surface area contributed by atoms with Gasteiger partial charge in [-0.3, -0.25) is 4.79 Å². The zero-order chi connectivity index (χ0) is 14.7.